The maximum Gasteiger partial charge on any atom is 0.123 e. The summed E-state index contributed by atoms with van der Waals surface area (Å²) >= 11 is 0. The van der Waals surface area contributed by atoms with Gasteiger partial charge in [0, 0.05) is 6.04 Å². The van der Waals surface area contributed by atoms with E-state index in [0.29, 0.717) is 6.04 Å². The van der Waals surface area contributed by atoms with Crippen molar-refractivity contribution >= 4 is 0 Å². The first kappa shape index (κ1) is 11.9. The van der Waals surface area contributed by atoms with Gasteiger partial charge in [-0.05, 0) is 67.8 Å². The van der Waals surface area contributed by atoms with Gasteiger partial charge in [-0.1, -0.05) is 18.2 Å². The van der Waals surface area contributed by atoms with Crippen LogP contribution < -0.4 is 5.32 Å². The molecule has 2 heteroatoms. The van der Waals surface area contributed by atoms with Gasteiger partial charge < -0.3 is 5.32 Å². The van der Waals surface area contributed by atoms with Crippen LogP contribution in [0, 0.1) is 11.7 Å². The number of benzene rings is 1. The SMILES string of the molecule is Fc1ccc2c(c1)CCC2NCC1CC=CCC1. The predicted octanol–water partition coefficient (Wildman–Crippen LogP) is 3.76. The summed E-state index contributed by atoms with van der Waals surface area (Å²) in [4.78, 5) is 0. The molecule has 18 heavy (non-hydrogen) atoms. The largest absolute Gasteiger partial charge is 0.310 e. The third-order valence-corrected chi connectivity index (χ3v) is 4.21. The lowest BCUT2D eigenvalue weighted by molar-refractivity contribution is 0.404. The van der Waals surface area contributed by atoms with Crippen molar-refractivity contribution in [2.75, 3.05) is 6.54 Å². The van der Waals surface area contributed by atoms with Gasteiger partial charge in [0.05, 0.1) is 0 Å². The molecule has 2 atom stereocenters. The van der Waals surface area contributed by atoms with E-state index in [2.05, 4.69) is 17.5 Å². The van der Waals surface area contributed by atoms with Gasteiger partial charge in [-0.15, -0.1) is 0 Å². The molecule has 0 radical (unpaired) electrons. The third kappa shape index (κ3) is 2.49. The first-order valence-electron chi connectivity index (χ1n) is 6.99. The van der Waals surface area contributed by atoms with Crippen molar-refractivity contribution in [2.24, 2.45) is 5.92 Å². The molecule has 0 aromatic heterocycles. The molecular formula is C16H20FN. The van der Waals surface area contributed by atoms with E-state index in [1.54, 1.807) is 12.1 Å². The summed E-state index contributed by atoms with van der Waals surface area (Å²) in [7, 11) is 0. The van der Waals surface area contributed by atoms with Gasteiger partial charge in [0.1, 0.15) is 5.82 Å². The second-order valence-corrected chi connectivity index (χ2v) is 5.49. The number of hydrogen-bond donors (Lipinski definition) is 1. The van der Waals surface area contributed by atoms with Crippen LogP contribution in [0.4, 0.5) is 4.39 Å². The number of halogens is 1. The zero-order valence-electron chi connectivity index (χ0n) is 10.7. The Kier molecular flexibility index (Phi) is 3.46. The van der Waals surface area contributed by atoms with Gasteiger partial charge in [0.15, 0.2) is 0 Å². The molecule has 1 N–H and O–H groups in total. The molecule has 0 saturated heterocycles. The minimum absolute atomic E-state index is 0.105. The maximum absolute atomic E-state index is 13.1. The monoisotopic (exact) mass is 245 g/mol. The maximum atomic E-state index is 13.1. The molecule has 0 heterocycles. The van der Waals surface area contributed by atoms with E-state index in [9.17, 15) is 4.39 Å². The zero-order valence-corrected chi connectivity index (χ0v) is 10.7. The Morgan fingerprint density at radius 3 is 3.00 bits per heavy atom. The molecule has 0 bridgehead atoms. The van der Waals surface area contributed by atoms with Gasteiger partial charge in [-0.25, -0.2) is 4.39 Å². The highest BCUT2D eigenvalue weighted by Gasteiger charge is 2.23. The zero-order chi connectivity index (χ0) is 12.4. The molecule has 2 aliphatic rings. The van der Waals surface area contributed by atoms with Crippen molar-refractivity contribution < 1.29 is 4.39 Å². The van der Waals surface area contributed by atoms with Gasteiger partial charge in [-0.2, -0.15) is 0 Å². The Morgan fingerprint density at radius 2 is 2.17 bits per heavy atom. The van der Waals surface area contributed by atoms with Crippen molar-refractivity contribution in [3.8, 4) is 0 Å². The number of nitrogens with one attached hydrogen (secondary N) is 1. The van der Waals surface area contributed by atoms with Crippen molar-refractivity contribution in [1.82, 2.24) is 5.32 Å². The Labute approximate surface area is 108 Å². The summed E-state index contributed by atoms with van der Waals surface area (Å²) in [6, 6.07) is 5.67. The number of aryl methyl sites for hydroxylation is 1. The second kappa shape index (κ2) is 5.23. The van der Waals surface area contributed by atoms with Gasteiger partial charge in [0.2, 0.25) is 0 Å². The molecule has 96 valence electrons. The predicted molar refractivity (Wildman–Crippen MR) is 71.9 cm³/mol. The van der Waals surface area contributed by atoms with Crippen LogP contribution >= 0.6 is 0 Å². The van der Waals surface area contributed by atoms with Crippen molar-refractivity contribution in [3.63, 3.8) is 0 Å². The van der Waals surface area contributed by atoms with Gasteiger partial charge in [-0.3, -0.25) is 0 Å². The summed E-state index contributed by atoms with van der Waals surface area (Å²) < 4.78 is 13.1. The minimum atomic E-state index is -0.105. The fourth-order valence-electron chi connectivity index (χ4n) is 3.15. The quantitative estimate of drug-likeness (QED) is 0.800. The molecule has 1 nitrogen and oxygen atoms in total. The van der Waals surface area contributed by atoms with Crippen LogP contribution in [-0.4, -0.2) is 6.54 Å². The van der Waals surface area contributed by atoms with Crippen molar-refractivity contribution in [3.05, 3.63) is 47.3 Å². The van der Waals surface area contributed by atoms with Crippen LogP contribution in [0.25, 0.3) is 0 Å². The first-order valence-corrected chi connectivity index (χ1v) is 6.99. The molecular weight excluding hydrogens is 225 g/mol. The van der Waals surface area contributed by atoms with E-state index in [4.69, 9.17) is 0 Å². The van der Waals surface area contributed by atoms with E-state index in [1.165, 1.54) is 30.4 Å². The lowest BCUT2D eigenvalue weighted by Gasteiger charge is -2.21. The van der Waals surface area contributed by atoms with Crippen LogP contribution in [0.1, 0.15) is 42.9 Å². The van der Waals surface area contributed by atoms with Crippen LogP contribution in [0.5, 0.6) is 0 Å². The lowest BCUT2D eigenvalue weighted by atomic mass is 9.94. The fraction of sp³-hybridized carbons (Fsp3) is 0.500. The molecule has 0 fully saturated rings. The first-order chi connectivity index (χ1) is 8.83. The second-order valence-electron chi connectivity index (χ2n) is 5.49. The summed E-state index contributed by atoms with van der Waals surface area (Å²) in [5.41, 5.74) is 2.50. The van der Waals surface area contributed by atoms with E-state index in [1.807, 2.05) is 6.07 Å². The van der Waals surface area contributed by atoms with Crippen molar-refractivity contribution in [1.29, 1.82) is 0 Å². The normalized spacial score (nSPS) is 26.3. The van der Waals surface area contributed by atoms with Crippen LogP contribution in [-0.2, 0) is 6.42 Å². The average molecular weight is 245 g/mol. The van der Waals surface area contributed by atoms with Crippen molar-refractivity contribution in [2.45, 2.75) is 38.1 Å². The highest BCUT2D eigenvalue weighted by Crippen LogP contribution is 2.32. The molecule has 2 aliphatic carbocycles. The highest BCUT2D eigenvalue weighted by atomic mass is 19.1. The van der Waals surface area contributed by atoms with E-state index >= 15 is 0 Å². The summed E-state index contributed by atoms with van der Waals surface area (Å²) in [5, 5.41) is 3.67. The lowest BCUT2D eigenvalue weighted by Crippen LogP contribution is -2.26. The molecule has 1 aromatic carbocycles. The Bertz CT molecular complexity index is 452. The molecule has 0 saturated carbocycles. The molecule has 0 spiro atoms. The van der Waals surface area contributed by atoms with Crippen LogP contribution in [0.3, 0.4) is 0 Å². The standard InChI is InChI=1S/C16H20FN/c17-14-7-8-15-13(10-14)6-9-16(15)18-11-12-4-2-1-3-5-12/h1-2,7-8,10,12,16,18H,3-6,9,11H2. The van der Waals surface area contributed by atoms with Gasteiger partial charge >= 0.3 is 0 Å². The fourth-order valence-corrected chi connectivity index (χ4v) is 3.15. The van der Waals surface area contributed by atoms with Crippen LogP contribution in [0.15, 0.2) is 30.4 Å². The number of hydrogen-bond acceptors (Lipinski definition) is 1. The van der Waals surface area contributed by atoms with E-state index in [0.717, 1.165) is 25.3 Å². The van der Waals surface area contributed by atoms with E-state index in [-0.39, 0.29) is 5.82 Å². The topological polar surface area (TPSA) is 12.0 Å². The summed E-state index contributed by atoms with van der Waals surface area (Å²) in [5.74, 6) is 0.673. The molecule has 3 rings (SSSR count). The smallest absolute Gasteiger partial charge is 0.123 e. The average Bonchev–Trinajstić information content (AvgIpc) is 2.80. The molecule has 1 aromatic rings. The molecule has 0 amide bonds. The Morgan fingerprint density at radius 1 is 1.22 bits per heavy atom. The third-order valence-electron chi connectivity index (χ3n) is 4.21. The van der Waals surface area contributed by atoms with E-state index < -0.39 is 0 Å². The number of rotatable bonds is 3. The molecule has 2 unspecified atom stereocenters. The number of allylic oxidation sites excluding steroid dienone is 2. The summed E-state index contributed by atoms with van der Waals surface area (Å²) in [6.07, 6.45) is 10.4. The minimum Gasteiger partial charge on any atom is -0.310 e. The highest BCUT2D eigenvalue weighted by molar-refractivity contribution is 5.34. The molecule has 0 aliphatic heterocycles. The van der Waals surface area contributed by atoms with Crippen LogP contribution in [0.2, 0.25) is 0 Å². The Hall–Kier alpha value is -1.15. The Balaban J connectivity index is 1.60. The number of fused-ring (bicyclic) bond motifs is 1. The summed E-state index contributed by atoms with van der Waals surface area (Å²) in [6.45, 7) is 1.09. The van der Waals surface area contributed by atoms with Gasteiger partial charge in [0.25, 0.3) is 0 Å².